The lowest BCUT2D eigenvalue weighted by atomic mass is 10.1. The summed E-state index contributed by atoms with van der Waals surface area (Å²) in [6.07, 6.45) is 4.34. The molecule has 1 fully saturated rings. The standard InChI is InChI=1S/C7H16N.F2HNO4S2/c1-8(2)6-4-3-5-7-8;1-8(4,5)3-9(2,6)7/h3-7H2,1-2H3;3H/q+1;. The Balaban J connectivity index is 0.000000302. The second-order valence-corrected chi connectivity index (χ2v) is 6.82. The zero-order valence-electron chi connectivity index (χ0n) is 9.69. The minimum atomic E-state index is -5.49. The van der Waals surface area contributed by atoms with Crippen LogP contribution in [0.4, 0.5) is 7.77 Å². The molecular weight excluding hydrogens is 278 g/mol. The third-order valence-electron chi connectivity index (χ3n) is 2.23. The van der Waals surface area contributed by atoms with E-state index < -0.39 is 20.8 Å². The van der Waals surface area contributed by atoms with E-state index in [2.05, 4.69) is 14.1 Å². The molecule has 0 unspecified atom stereocenters. The summed E-state index contributed by atoms with van der Waals surface area (Å²) in [6.45, 7) is 2.78. The van der Waals surface area contributed by atoms with Gasteiger partial charge in [0, 0.05) is 0 Å². The molecule has 0 saturated carbocycles. The zero-order chi connectivity index (χ0) is 13.7. The first-order valence-electron chi connectivity index (χ1n) is 4.91. The maximum absolute atomic E-state index is 11.1. The van der Waals surface area contributed by atoms with Gasteiger partial charge in [0.25, 0.3) is 0 Å². The van der Waals surface area contributed by atoms with Crippen molar-refractivity contribution in [1.29, 1.82) is 0 Å². The fraction of sp³-hybridized carbons (Fsp3) is 1.00. The van der Waals surface area contributed by atoms with E-state index >= 15 is 0 Å². The van der Waals surface area contributed by atoms with Crippen molar-refractivity contribution in [3.8, 4) is 0 Å². The molecule has 1 aliphatic heterocycles. The Bertz CT molecular complexity index is 395. The van der Waals surface area contributed by atoms with Gasteiger partial charge in [0.05, 0.1) is 27.2 Å². The van der Waals surface area contributed by atoms with Crippen molar-refractivity contribution >= 4 is 20.8 Å². The van der Waals surface area contributed by atoms with E-state index in [1.54, 1.807) is 0 Å². The van der Waals surface area contributed by atoms with Crippen LogP contribution in [-0.2, 0) is 20.8 Å². The Kier molecular flexibility index (Phi) is 5.91. The van der Waals surface area contributed by atoms with Gasteiger partial charge in [-0.15, -0.1) is 0 Å². The second-order valence-electron chi connectivity index (χ2n) is 4.40. The average molecular weight is 295 g/mol. The summed E-state index contributed by atoms with van der Waals surface area (Å²) in [5.41, 5.74) is 0. The second kappa shape index (κ2) is 6.03. The minimum Gasteiger partial charge on any atom is -0.328 e. The molecular formula is C7H17F2N2O4S2+. The van der Waals surface area contributed by atoms with Crippen molar-refractivity contribution < 1.29 is 29.1 Å². The first kappa shape index (κ1) is 16.7. The summed E-state index contributed by atoms with van der Waals surface area (Å²) in [6, 6.07) is 0. The Morgan fingerprint density at radius 2 is 1.24 bits per heavy atom. The van der Waals surface area contributed by atoms with Gasteiger partial charge in [-0.2, -0.15) is 16.8 Å². The predicted molar refractivity (Wildman–Crippen MR) is 58.9 cm³/mol. The largest absolute Gasteiger partial charge is 0.387 e. The summed E-state index contributed by atoms with van der Waals surface area (Å²) in [4.78, 5) is 0. The summed E-state index contributed by atoms with van der Waals surface area (Å²) in [7, 11) is -6.35. The average Bonchev–Trinajstić information content (AvgIpc) is 1.96. The Labute approximate surface area is 101 Å². The van der Waals surface area contributed by atoms with Crippen molar-refractivity contribution in [1.82, 2.24) is 4.13 Å². The monoisotopic (exact) mass is 295 g/mol. The van der Waals surface area contributed by atoms with E-state index in [4.69, 9.17) is 0 Å². The van der Waals surface area contributed by atoms with E-state index in [9.17, 15) is 24.6 Å². The highest BCUT2D eigenvalue weighted by Gasteiger charge is 2.18. The number of hydrogen-bond donors (Lipinski definition) is 1. The van der Waals surface area contributed by atoms with Crippen LogP contribution in [0.25, 0.3) is 0 Å². The van der Waals surface area contributed by atoms with Crippen molar-refractivity contribution in [3.05, 3.63) is 0 Å². The molecule has 1 aliphatic rings. The van der Waals surface area contributed by atoms with Crippen LogP contribution in [0.15, 0.2) is 0 Å². The number of nitrogens with one attached hydrogen (secondary N) is 1. The molecule has 0 radical (unpaired) electrons. The lowest BCUT2D eigenvalue weighted by Crippen LogP contribution is -2.43. The zero-order valence-corrected chi connectivity index (χ0v) is 11.3. The number of halogens is 2. The molecule has 1 saturated heterocycles. The molecule has 0 aromatic heterocycles. The van der Waals surface area contributed by atoms with Crippen LogP contribution in [0.5, 0.6) is 0 Å². The predicted octanol–water partition coefficient (Wildman–Crippen LogP) is 0.251. The Morgan fingerprint density at radius 3 is 1.35 bits per heavy atom. The first-order valence-corrected chi connectivity index (χ1v) is 7.68. The van der Waals surface area contributed by atoms with Gasteiger partial charge in [0.15, 0.2) is 0 Å². The van der Waals surface area contributed by atoms with Crippen molar-refractivity contribution in [3.63, 3.8) is 0 Å². The van der Waals surface area contributed by atoms with E-state index in [-0.39, 0.29) is 4.13 Å². The van der Waals surface area contributed by atoms with Gasteiger partial charge in [-0.3, -0.25) is 0 Å². The third-order valence-corrected chi connectivity index (χ3v) is 3.82. The highest BCUT2D eigenvalue weighted by Crippen LogP contribution is 2.12. The van der Waals surface area contributed by atoms with Crippen LogP contribution in [0, 0.1) is 0 Å². The Hall–Kier alpha value is -0.320. The molecule has 0 atom stereocenters. The fourth-order valence-electron chi connectivity index (χ4n) is 1.49. The van der Waals surface area contributed by atoms with Gasteiger partial charge >= 0.3 is 20.8 Å². The summed E-state index contributed by atoms with van der Waals surface area (Å²) in [5, 5.41) is 0. The van der Waals surface area contributed by atoms with Gasteiger partial charge in [-0.25, -0.2) is 0 Å². The number of rotatable bonds is 2. The highest BCUT2D eigenvalue weighted by molar-refractivity contribution is 7.99. The molecule has 104 valence electrons. The molecule has 0 spiro atoms. The van der Waals surface area contributed by atoms with Gasteiger partial charge in [-0.1, -0.05) is 11.9 Å². The van der Waals surface area contributed by atoms with E-state index in [0.29, 0.717) is 0 Å². The Morgan fingerprint density at radius 1 is 0.882 bits per heavy atom. The molecule has 0 aromatic carbocycles. The van der Waals surface area contributed by atoms with Crippen LogP contribution in [-0.4, -0.2) is 48.5 Å². The molecule has 0 aromatic rings. The van der Waals surface area contributed by atoms with Crippen molar-refractivity contribution in [2.24, 2.45) is 0 Å². The molecule has 1 N–H and O–H groups in total. The smallest absolute Gasteiger partial charge is 0.328 e. The van der Waals surface area contributed by atoms with Gasteiger partial charge in [0.1, 0.15) is 0 Å². The van der Waals surface area contributed by atoms with Crippen LogP contribution >= 0.6 is 0 Å². The lowest BCUT2D eigenvalue weighted by molar-refractivity contribution is -0.894. The van der Waals surface area contributed by atoms with E-state index in [0.717, 1.165) is 0 Å². The quantitative estimate of drug-likeness (QED) is 0.585. The molecule has 10 heteroatoms. The lowest BCUT2D eigenvalue weighted by Gasteiger charge is -2.33. The minimum absolute atomic E-state index is 0.0694. The number of likely N-dealkylation sites (tertiary alicyclic amines) is 1. The summed E-state index contributed by atoms with van der Waals surface area (Å²) >= 11 is 0. The molecule has 1 rings (SSSR count). The van der Waals surface area contributed by atoms with E-state index in [1.165, 1.54) is 36.8 Å². The van der Waals surface area contributed by atoms with Crippen LogP contribution in [0.3, 0.4) is 0 Å². The SMILES string of the molecule is C[N+]1(C)CCCCC1.O=S(=O)(F)NS(=O)(=O)F. The first-order chi connectivity index (χ1) is 7.41. The highest BCUT2D eigenvalue weighted by atomic mass is 32.3. The van der Waals surface area contributed by atoms with Crippen LogP contribution in [0.2, 0.25) is 0 Å². The summed E-state index contributed by atoms with van der Waals surface area (Å²) in [5.74, 6) is 0. The number of hydrogen-bond acceptors (Lipinski definition) is 4. The molecule has 1 heterocycles. The number of nitrogens with zero attached hydrogens (tertiary/aromatic N) is 1. The molecule has 0 amide bonds. The normalized spacial score (nSPS) is 20.2. The molecule has 17 heavy (non-hydrogen) atoms. The molecule has 0 bridgehead atoms. The fourth-order valence-corrected chi connectivity index (χ4v) is 2.44. The number of quaternary nitrogens is 1. The van der Waals surface area contributed by atoms with Crippen LogP contribution in [0.1, 0.15) is 19.3 Å². The van der Waals surface area contributed by atoms with Gasteiger partial charge in [-0.05, 0) is 19.3 Å². The van der Waals surface area contributed by atoms with Gasteiger partial charge < -0.3 is 4.48 Å². The third kappa shape index (κ3) is 11.9. The van der Waals surface area contributed by atoms with Crippen molar-refractivity contribution in [2.75, 3.05) is 27.2 Å². The van der Waals surface area contributed by atoms with Gasteiger partial charge in [0.2, 0.25) is 0 Å². The van der Waals surface area contributed by atoms with Crippen molar-refractivity contribution in [2.45, 2.75) is 19.3 Å². The maximum Gasteiger partial charge on any atom is 0.387 e. The maximum atomic E-state index is 11.1. The van der Waals surface area contributed by atoms with E-state index in [1.807, 2.05) is 0 Å². The number of piperidine rings is 1. The molecule has 6 nitrogen and oxygen atoms in total. The summed E-state index contributed by atoms with van der Waals surface area (Å²) < 4.78 is 60.6. The molecule has 0 aliphatic carbocycles. The van der Waals surface area contributed by atoms with Crippen LogP contribution < -0.4 is 4.13 Å². The topological polar surface area (TPSA) is 80.3 Å².